The van der Waals surface area contributed by atoms with Crippen LogP contribution in [0.2, 0.25) is 0 Å². The van der Waals surface area contributed by atoms with Crippen molar-refractivity contribution in [3.63, 3.8) is 0 Å². The summed E-state index contributed by atoms with van der Waals surface area (Å²) >= 11 is 0. The number of aryl methyl sites for hydroxylation is 2. The molecule has 1 aromatic carbocycles. The van der Waals surface area contributed by atoms with Crippen LogP contribution in [0.4, 0.5) is 5.95 Å². The second kappa shape index (κ2) is 6.34. The van der Waals surface area contributed by atoms with E-state index in [1.807, 2.05) is 25.1 Å². The number of nitrogens with zero attached hydrogens (tertiary/aromatic N) is 4. The monoisotopic (exact) mass is 289 g/mol. The number of aromatic nitrogens is 4. The molecule has 0 saturated heterocycles. The zero-order chi connectivity index (χ0) is 15.4. The fraction of sp³-hybridized carbons (Fsp3) is 0.429. The van der Waals surface area contributed by atoms with Gasteiger partial charge in [0.1, 0.15) is 5.75 Å². The van der Waals surface area contributed by atoms with E-state index in [4.69, 9.17) is 4.74 Å². The predicted molar refractivity (Wildman–Crippen MR) is 78.2 cm³/mol. The number of tetrazole rings is 1. The van der Waals surface area contributed by atoms with Gasteiger partial charge in [0.15, 0.2) is 6.61 Å². The van der Waals surface area contributed by atoms with E-state index in [9.17, 15) is 4.79 Å². The summed E-state index contributed by atoms with van der Waals surface area (Å²) in [6, 6.07) is 5.99. The molecule has 112 valence electrons. The third-order valence-electron chi connectivity index (χ3n) is 2.91. The van der Waals surface area contributed by atoms with E-state index >= 15 is 0 Å². The number of hydrogen-bond donors (Lipinski definition) is 1. The van der Waals surface area contributed by atoms with Crippen LogP contribution in [0.5, 0.6) is 5.75 Å². The lowest BCUT2D eigenvalue weighted by Gasteiger charge is -2.14. The Kier molecular flexibility index (Phi) is 4.52. The smallest absolute Gasteiger partial charge is 0.270 e. The Morgan fingerprint density at radius 2 is 2.19 bits per heavy atom. The lowest BCUT2D eigenvalue weighted by molar-refractivity contribution is -0.118. The number of hydrogen-bond acceptors (Lipinski definition) is 5. The van der Waals surface area contributed by atoms with Gasteiger partial charge in [0, 0.05) is 0 Å². The first-order valence-corrected chi connectivity index (χ1v) is 6.73. The van der Waals surface area contributed by atoms with Gasteiger partial charge in [-0.3, -0.25) is 10.1 Å². The molecule has 0 saturated carbocycles. The molecule has 1 amide bonds. The highest BCUT2D eigenvalue weighted by Crippen LogP contribution is 2.27. The molecule has 0 unspecified atom stereocenters. The van der Waals surface area contributed by atoms with Gasteiger partial charge in [0.2, 0.25) is 0 Å². The van der Waals surface area contributed by atoms with Crippen LogP contribution in [-0.2, 0) is 11.8 Å². The van der Waals surface area contributed by atoms with Crippen LogP contribution < -0.4 is 10.1 Å². The summed E-state index contributed by atoms with van der Waals surface area (Å²) in [5.41, 5.74) is 2.16. The average molecular weight is 289 g/mol. The van der Waals surface area contributed by atoms with Crippen LogP contribution in [0.15, 0.2) is 18.2 Å². The average Bonchev–Trinajstić information content (AvgIpc) is 2.81. The molecule has 7 heteroatoms. The summed E-state index contributed by atoms with van der Waals surface area (Å²) in [6.45, 7) is 6.06. The van der Waals surface area contributed by atoms with E-state index < -0.39 is 0 Å². The maximum atomic E-state index is 11.8. The summed E-state index contributed by atoms with van der Waals surface area (Å²) < 4.78 is 5.63. The molecule has 2 rings (SSSR count). The molecule has 0 fully saturated rings. The molecule has 1 heterocycles. The SMILES string of the molecule is Cc1ccc(C(C)C)c(OCC(=O)Nc2nnn(C)n2)c1. The zero-order valence-corrected chi connectivity index (χ0v) is 12.6. The number of carbonyl (C=O) groups is 1. The van der Waals surface area contributed by atoms with E-state index in [2.05, 4.69) is 34.6 Å². The fourth-order valence-corrected chi connectivity index (χ4v) is 1.88. The highest BCUT2D eigenvalue weighted by molar-refractivity contribution is 5.90. The summed E-state index contributed by atoms with van der Waals surface area (Å²) in [4.78, 5) is 13.1. The Labute approximate surface area is 123 Å². The topological polar surface area (TPSA) is 81.9 Å². The van der Waals surface area contributed by atoms with Gasteiger partial charge in [0.05, 0.1) is 7.05 Å². The highest BCUT2D eigenvalue weighted by atomic mass is 16.5. The molecule has 0 aliphatic heterocycles. The minimum absolute atomic E-state index is 0.0958. The van der Waals surface area contributed by atoms with Gasteiger partial charge in [0.25, 0.3) is 11.9 Å². The molecule has 21 heavy (non-hydrogen) atoms. The lowest BCUT2D eigenvalue weighted by Crippen LogP contribution is -2.21. The largest absolute Gasteiger partial charge is 0.483 e. The second-order valence-electron chi connectivity index (χ2n) is 5.14. The molecule has 0 radical (unpaired) electrons. The number of benzene rings is 1. The molecule has 1 N–H and O–H groups in total. The van der Waals surface area contributed by atoms with Crippen molar-refractivity contribution in [1.82, 2.24) is 20.2 Å². The zero-order valence-electron chi connectivity index (χ0n) is 12.6. The van der Waals surface area contributed by atoms with E-state index in [1.165, 1.54) is 4.80 Å². The molecule has 7 nitrogen and oxygen atoms in total. The van der Waals surface area contributed by atoms with Gasteiger partial charge >= 0.3 is 0 Å². The quantitative estimate of drug-likeness (QED) is 0.905. The Balaban J connectivity index is 1.99. The van der Waals surface area contributed by atoms with Crippen molar-refractivity contribution in [2.45, 2.75) is 26.7 Å². The second-order valence-corrected chi connectivity index (χ2v) is 5.14. The van der Waals surface area contributed by atoms with Crippen LogP contribution in [0.3, 0.4) is 0 Å². The van der Waals surface area contributed by atoms with Crippen molar-refractivity contribution in [2.75, 3.05) is 11.9 Å². The first kappa shape index (κ1) is 15.0. The van der Waals surface area contributed by atoms with Crippen LogP contribution in [0.1, 0.15) is 30.9 Å². The van der Waals surface area contributed by atoms with Crippen molar-refractivity contribution in [3.05, 3.63) is 29.3 Å². The van der Waals surface area contributed by atoms with Crippen molar-refractivity contribution in [1.29, 1.82) is 0 Å². The van der Waals surface area contributed by atoms with E-state index in [1.54, 1.807) is 7.05 Å². The molecule has 0 atom stereocenters. The first-order valence-electron chi connectivity index (χ1n) is 6.73. The predicted octanol–water partition coefficient (Wildman–Crippen LogP) is 1.66. The Morgan fingerprint density at radius 1 is 1.43 bits per heavy atom. The number of carbonyl (C=O) groups excluding carboxylic acids is 1. The number of amides is 1. The van der Waals surface area contributed by atoms with Gasteiger partial charge < -0.3 is 4.74 Å². The molecular formula is C14H19N5O2. The Hall–Kier alpha value is -2.44. The highest BCUT2D eigenvalue weighted by Gasteiger charge is 2.11. The summed E-state index contributed by atoms with van der Waals surface area (Å²) in [6.07, 6.45) is 0. The van der Waals surface area contributed by atoms with Crippen LogP contribution >= 0.6 is 0 Å². The van der Waals surface area contributed by atoms with Gasteiger partial charge in [-0.05, 0) is 35.2 Å². The maximum Gasteiger partial charge on any atom is 0.270 e. The molecule has 2 aromatic rings. The van der Waals surface area contributed by atoms with Crippen LogP contribution in [0, 0.1) is 6.92 Å². The number of ether oxygens (including phenoxy) is 1. The number of nitrogens with one attached hydrogen (secondary N) is 1. The van der Waals surface area contributed by atoms with Gasteiger partial charge in [-0.1, -0.05) is 31.1 Å². The molecule has 1 aromatic heterocycles. The van der Waals surface area contributed by atoms with Gasteiger partial charge in [-0.25, -0.2) is 0 Å². The third kappa shape index (κ3) is 4.01. The third-order valence-corrected chi connectivity index (χ3v) is 2.91. The van der Waals surface area contributed by atoms with Crippen molar-refractivity contribution >= 4 is 11.9 Å². The van der Waals surface area contributed by atoms with Crippen LogP contribution in [-0.4, -0.2) is 32.7 Å². The minimum atomic E-state index is -0.320. The number of rotatable bonds is 5. The van der Waals surface area contributed by atoms with E-state index in [0.29, 0.717) is 5.92 Å². The summed E-state index contributed by atoms with van der Waals surface area (Å²) in [5.74, 6) is 0.899. The van der Waals surface area contributed by atoms with Gasteiger partial charge in [-0.2, -0.15) is 4.80 Å². The molecule has 0 spiro atoms. The Morgan fingerprint density at radius 3 is 2.81 bits per heavy atom. The molecule has 0 aliphatic rings. The van der Waals surface area contributed by atoms with Crippen LogP contribution in [0.25, 0.3) is 0 Å². The Bertz CT molecular complexity index is 636. The normalized spacial score (nSPS) is 10.7. The standard InChI is InChI=1S/C14H19N5O2/c1-9(2)11-6-5-10(3)7-12(11)21-8-13(20)15-14-16-18-19(4)17-14/h5-7,9H,8H2,1-4H3,(H,15,17,20). The van der Waals surface area contributed by atoms with Gasteiger partial charge in [-0.15, -0.1) is 5.10 Å². The van der Waals surface area contributed by atoms with E-state index in [0.717, 1.165) is 16.9 Å². The minimum Gasteiger partial charge on any atom is -0.483 e. The van der Waals surface area contributed by atoms with Crippen molar-refractivity contribution < 1.29 is 9.53 Å². The lowest BCUT2D eigenvalue weighted by atomic mass is 10.0. The maximum absolute atomic E-state index is 11.8. The fourth-order valence-electron chi connectivity index (χ4n) is 1.88. The summed E-state index contributed by atoms with van der Waals surface area (Å²) in [5, 5.41) is 13.7. The van der Waals surface area contributed by atoms with E-state index in [-0.39, 0.29) is 18.5 Å². The molecule has 0 aliphatic carbocycles. The van der Waals surface area contributed by atoms with Crippen molar-refractivity contribution in [2.24, 2.45) is 7.05 Å². The van der Waals surface area contributed by atoms with Crippen molar-refractivity contribution in [3.8, 4) is 5.75 Å². The molecule has 0 bridgehead atoms. The number of anilines is 1. The summed E-state index contributed by atoms with van der Waals surface area (Å²) in [7, 11) is 1.63. The molecular weight excluding hydrogens is 270 g/mol. The first-order chi connectivity index (χ1) is 9.95.